The van der Waals surface area contributed by atoms with E-state index >= 15 is 0 Å². The van der Waals surface area contributed by atoms with E-state index in [0.29, 0.717) is 0 Å². The zero-order valence-electron chi connectivity index (χ0n) is 9.10. The summed E-state index contributed by atoms with van der Waals surface area (Å²) in [7, 11) is 0. The Kier molecular flexibility index (Phi) is 2.34. The Morgan fingerprint density at radius 1 is 1.06 bits per heavy atom. The van der Waals surface area contributed by atoms with Crippen LogP contribution in [0.1, 0.15) is 29.3 Å². The van der Waals surface area contributed by atoms with E-state index in [0.717, 1.165) is 0 Å². The molecule has 1 aliphatic carbocycles. The van der Waals surface area contributed by atoms with Gasteiger partial charge in [-0.2, -0.15) is 0 Å². The molecular formula is C14H15NS. The van der Waals surface area contributed by atoms with Gasteiger partial charge >= 0.3 is 0 Å². The van der Waals surface area contributed by atoms with E-state index in [4.69, 9.17) is 5.73 Å². The van der Waals surface area contributed by atoms with Crippen LogP contribution < -0.4 is 5.73 Å². The monoisotopic (exact) mass is 229 g/mol. The quantitative estimate of drug-likeness (QED) is 0.856. The molecule has 0 radical (unpaired) electrons. The molecule has 0 aliphatic heterocycles. The fourth-order valence-electron chi connectivity index (χ4n) is 2.42. The second kappa shape index (κ2) is 3.72. The summed E-state index contributed by atoms with van der Waals surface area (Å²) in [6.45, 7) is 0. The lowest BCUT2D eigenvalue weighted by molar-refractivity contribution is 0.549. The van der Waals surface area contributed by atoms with Crippen LogP contribution in [-0.4, -0.2) is 0 Å². The minimum Gasteiger partial charge on any atom is -0.323 e. The molecule has 1 nitrogen and oxygen atoms in total. The molecule has 82 valence electrons. The van der Waals surface area contributed by atoms with Crippen molar-refractivity contribution < 1.29 is 0 Å². The van der Waals surface area contributed by atoms with E-state index in [-0.39, 0.29) is 11.5 Å². The highest BCUT2D eigenvalue weighted by atomic mass is 32.1. The van der Waals surface area contributed by atoms with Crippen molar-refractivity contribution in [3.05, 3.63) is 58.3 Å². The first-order chi connectivity index (χ1) is 7.83. The van der Waals surface area contributed by atoms with E-state index in [2.05, 4.69) is 47.8 Å². The van der Waals surface area contributed by atoms with Crippen molar-refractivity contribution in [3.8, 4) is 0 Å². The van der Waals surface area contributed by atoms with E-state index in [9.17, 15) is 0 Å². The third-order valence-corrected chi connectivity index (χ3v) is 4.54. The standard InChI is InChI=1S/C14H15NS/c15-13(12-7-4-10-16-12)14(8-9-14)11-5-2-1-3-6-11/h1-7,10,13H,8-9,15H2. The molecule has 1 atom stereocenters. The normalized spacial score (nSPS) is 19.3. The molecule has 1 unspecified atom stereocenters. The number of rotatable bonds is 3. The van der Waals surface area contributed by atoms with Crippen LogP contribution in [0.5, 0.6) is 0 Å². The molecule has 1 aromatic heterocycles. The lowest BCUT2D eigenvalue weighted by Gasteiger charge is -2.22. The first-order valence-corrected chi connectivity index (χ1v) is 6.55. The molecule has 2 aromatic rings. The van der Waals surface area contributed by atoms with Gasteiger partial charge in [-0.15, -0.1) is 11.3 Å². The summed E-state index contributed by atoms with van der Waals surface area (Å²) in [6, 6.07) is 15.1. The number of hydrogen-bond donors (Lipinski definition) is 1. The molecule has 16 heavy (non-hydrogen) atoms. The molecule has 3 rings (SSSR count). The lowest BCUT2D eigenvalue weighted by Crippen LogP contribution is -2.25. The summed E-state index contributed by atoms with van der Waals surface area (Å²) in [6.07, 6.45) is 2.44. The third-order valence-electron chi connectivity index (χ3n) is 3.58. The minimum absolute atomic E-state index is 0.162. The molecule has 1 aromatic carbocycles. The van der Waals surface area contributed by atoms with E-state index in [1.165, 1.54) is 23.3 Å². The molecule has 2 N–H and O–H groups in total. The van der Waals surface area contributed by atoms with Crippen molar-refractivity contribution >= 4 is 11.3 Å². The van der Waals surface area contributed by atoms with Crippen molar-refractivity contribution in [1.82, 2.24) is 0 Å². The first-order valence-electron chi connectivity index (χ1n) is 5.67. The zero-order chi connectivity index (χ0) is 11.0. The molecule has 1 saturated carbocycles. The van der Waals surface area contributed by atoms with Gasteiger partial charge in [0.2, 0.25) is 0 Å². The Bertz CT molecular complexity index is 457. The molecule has 1 aliphatic rings. The lowest BCUT2D eigenvalue weighted by atomic mass is 9.88. The van der Waals surface area contributed by atoms with Gasteiger partial charge in [-0.3, -0.25) is 0 Å². The molecule has 0 amide bonds. The smallest absolute Gasteiger partial charge is 0.0487 e. The summed E-state index contributed by atoms with van der Waals surface area (Å²) in [5, 5.41) is 2.11. The minimum atomic E-state index is 0.162. The Hall–Kier alpha value is -1.12. The maximum absolute atomic E-state index is 6.42. The number of nitrogens with two attached hydrogens (primary N) is 1. The second-order valence-electron chi connectivity index (χ2n) is 4.52. The zero-order valence-corrected chi connectivity index (χ0v) is 9.91. The highest BCUT2D eigenvalue weighted by Gasteiger charge is 2.49. The van der Waals surface area contributed by atoms with Crippen LogP contribution in [0.2, 0.25) is 0 Å². The number of hydrogen-bond acceptors (Lipinski definition) is 2. The summed E-state index contributed by atoms with van der Waals surface area (Å²) in [4.78, 5) is 1.31. The predicted molar refractivity (Wildman–Crippen MR) is 68.6 cm³/mol. The van der Waals surface area contributed by atoms with Gasteiger partial charge in [0.05, 0.1) is 0 Å². The molecule has 0 spiro atoms. The molecular weight excluding hydrogens is 214 g/mol. The van der Waals surface area contributed by atoms with Crippen LogP contribution >= 0.6 is 11.3 Å². The fraction of sp³-hybridized carbons (Fsp3) is 0.286. The maximum Gasteiger partial charge on any atom is 0.0487 e. The summed E-state index contributed by atoms with van der Waals surface area (Å²) >= 11 is 1.77. The molecule has 2 heteroatoms. The largest absolute Gasteiger partial charge is 0.323 e. The predicted octanol–water partition coefficient (Wildman–Crippen LogP) is 3.48. The van der Waals surface area contributed by atoms with Crippen LogP contribution in [0.15, 0.2) is 47.8 Å². The Labute approximate surface area is 99.9 Å². The van der Waals surface area contributed by atoms with Gasteiger partial charge in [0.1, 0.15) is 0 Å². The van der Waals surface area contributed by atoms with Gasteiger partial charge in [0, 0.05) is 16.3 Å². The molecule has 0 saturated heterocycles. The van der Waals surface area contributed by atoms with Gasteiger partial charge in [0.15, 0.2) is 0 Å². The average Bonchev–Trinajstić information content (AvgIpc) is 2.97. The van der Waals surface area contributed by atoms with Gasteiger partial charge in [0.25, 0.3) is 0 Å². The number of thiophene rings is 1. The van der Waals surface area contributed by atoms with E-state index in [1.807, 2.05) is 0 Å². The van der Waals surface area contributed by atoms with Crippen molar-refractivity contribution in [2.24, 2.45) is 5.73 Å². The Morgan fingerprint density at radius 3 is 2.38 bits per heavy atom. The fourth-order valence-corrected chi connectivity index (χ4v) is 3.27. The van der Waals surface area contributed by atoms with Gasteiger partial charge in [-0.1, -0.05) is 36.4 Å². The van der Waals surface area contributed by atoms with Crippen LogP contribution in [0.4, 0.5) is 0 Å². The van der Waals surface area contributed by atoms with E-state index < -0.39 is 0 Å². The SMILES string of the molecule is NC(c1cccs1)C1(c2ccccc2)CC1. The van der Waals surface area contributed by atoms with Gasteiger partial charge in [-0.05, 0) is 29.9 Å². The third kappa shape index (κ3) is 1.49. The molecule has 0 bridgehead atoms. The first kappa shape index (κ1) is 10.1. The van der Waals surface area contributed by atoms with E-state index in [1.54, 1.807) is 11.3 Å². The van der Waals surface area contributed by atoms with Crippen molar-refractivity contribution in [2.45, 2.75) is 24.3 Å². The van der Waals surface area contributed by atoms with Gasteiger partial charge in [-0.25, -0.2) is 0 Å². The summed E-state index contributed by atoms with van der Waals surface area (Å²) in [5.74, 6) is 0. The Balaban J connectivity index is 1.95. The average molecular weight is 229 g/mol. The van der Waals surface area contributed by atoms with Crippen molar-refractivity contribution in [3.63, 3.8) is 0 Å². The highest BCUT2D eigenvalue weighted by Crippen LogP contribution is 2.55. The highest BCUT2D eigenvalue weighted by molar-refractivity contribution is 7.10. The van der Waals surface area contributed by atoms with Crippen molar-refractivity contribution in [1.29, 1.82) is 0 Å². The van der Waals surface area contributed by atoms with Crippen LogP contribution in [0, 0.1) is 0 Å². The Morgan fingerprint density at radius 2 is 1.81 bits per heavy atom. The van der Waals surface area contributed by atoms with Crippen LogP contribution in [0.3, 0.4) is 0 Å². The van der Waals surface area contributed by atoms with Gasteiger partial charge < -0.3 is 5.73 Å². The second-order valence-corrected chi connectivity index (χ2v) is 5.49. The summed E-state index contributed by atoms with van der Waals surface area (Å²) < 4.78 is 0. The number of benzene rings is 1. The van der Waals surface area contributed by atoms with Crippen LogP contribution in [0.25, 0.3) is 0 Å². The van der Waals surface area contributed by atoms with Crippen molar-refractivity contribution in [2.75, 3.05) is 0 Å². The maximum atomic E-state index is 6.42. The van der Waals surface area contributed by atoms with Crippen LogP contribution in [-0.2, 0) is 5.41 Å². The molecule has 1 fully saturated rings. The topological polar surface area (TPSA) is 26.0 Å². The molecule has 1 heterocycles. The summed E-state index contributed by atoms with van der Waals surface area (Å²) in [5.41, 5.74) is 8.04.